The fraction of sp³-hybridized carbons (Fsp3) is 0. The van der Waals surface area contributed by atoms with Crippen LogP contribution in [0.5, 0.6) is 0 Å². The molecule has 0 atom stereocenters. The molecule has 0 saturated carbocycles. The van der Waals surface area contributed by atoms with E-state index in [9.17, 15) is 8.42 Å². The van der Waals surface area contributed by atoms with Crippen molar-refractivity contribution in [3.8, 4) is 6.07 Å². The Kier molecular flexibility index (Phi) is 2.76. The summed E-state index contributed by atoms with van der Waals surface area (Å²) in [5.74, 6) is 0. The Hall–Kier alpha value is -0.830. The van der Waals surface area contributed by atoms with Crippen LogP contribution >= 0.6 is 22.3 Å². The van der Waals surface area contributed by atoms with E-state index >= 15 is 0 Å². The number of halogens is 2. The van der Waals surface area contributed by atoms with E-state index in [-0.39, 0.29) is 15.5 Å². The van der Waals surface area contributed by atoms with E-state index < -0.39 is 9.05 Å². The molecule has 1 aromatic rings. The average Bonchev–Trinajstić information content (AvgIpc) is 2.02. The Morgan fingerprint density at radius 2 is 2.08 bits per heavy atom. The Morgan fingerprint density at radius 1 is 1.46 bits per heavy atom. The Bertz CT molecular complexity index is 478. The molecule has 0 bridgehead atoms. The van der Waals surface area contributed by atoms with Crippen LogP contribution in [0.3, 0.4) is 0 Å². The molecule has 1 aromatic heterocycles. The molecule has 68 valence electrons. The SMILES string of the molecule is N#Cc1c(Cl)cncc1S(=O)(=O)Cl. The number of rotatable bonds is 1. The maximum Gasteiger partial charge on any atom is 0.264 e. The lowest BCUT2D eigenvalue weighted by molar-refractivity contribution is 0.609. The molecule has 0 aliphatic carbocycles. The Morgan fingerprint density at radius 3 is 2.46 bits per heavy atom. The van der Waals surface area contributed by atoms with Gasteiger partial charge >= 0.3 is 0 Å². The highest BCUT2D eigenvalue weighted by Crippen LogP contribution is 2.23. The van der Waals surface area contributed by atoms with Crippen molar-refractivity contribution in [2.75, 3.05) is 0 Å². The first-order valence-corrected chi connectivity index (χ1v) is 5.64. The summed E-state index contributed by atoms with van der Waals surface area (Å²) in [7, 11) is 1.07. The third-order valence-corrected chi connectivity index (χ3v) is 2.86. The van der Waals surface area contributed by atoms with Gasteiger partial charge in [0, 0.05) is 23.1 Å². The van der Waals surface area contributed by atoms with Crippen molar-refractivity contribution in [1.29, 1.82) is 5.26 Å². The highest BCUT2D eigenvalue weighted by molar-refractivity contribution is 8.13. The van der Waals surface area contributed by atoms with E-state index in [0.29, 0.717) is 0 Å². The number of hydrogen-bond acceptors (Lipinski definition) is 4. The summed E-state index contributed by atoms with van der Waals surface area (Å²) >= 11 is 5.53. The molecule has 0 radical (unpaired) electrons. The average molecular weight is 237 g/mol. The van der Waals surface area contributed by atoms with Crippen LogP contribution in [0.15, 0.2) is 17.3 Å². The van der Waals surface area contributed by atoms with Gasteiger partial charge in [-0.1, -0.05) is 11.6 Å². The largest absolute Gasteiger partial charge is 0.264 e. The second-order valence-electron chi connectivity index (χ2n) is 2.04. The molecule has 0 aromatic carbocycles. The minimum Gasteiger partial charge on any atom is -0.262 e. The van der Waals surface area contributed by atoms with Crippen LogP contribution in [0.4, 0.5) is 0 Å². The standard InChI is InChI=1S/C6H2Cl2N2O2S/c7-5-2-10-3-6(4(5)1-9)13(8,11)12/h2-3H. The van der Waals surface area contributed by atoms with E-state index in [0.717, 1.165) is 6.20 Å². The molecule has 0 amide bonds. The van der Waals surface area contributed by atoms with Gasteiger partial charge in [0.1, 0.15) is 11.0 Å². The van der Waals surface area contributed by atoms with Gasteiger partial charge in [0.25, 0.3) is 9.05 Å². The zero-order valence-electron chi connectivity index (χ0n) is 6.03. The number of nitrogens with zero attached hydrogens (tertiary/aromatic N) is 2. The first-order chi connectivity index (χ1) is 5.96. The van der Waals surface area contributed by atoms with Crippen molar-refractivity contribution in [1.82, 2.24) is 4.98 Å². The molecule has 0 aliphatic heterocycles. The molecule has 1 heterocycles. The molecule has 0 N–H and O–H groups in total. The van der Waals surface area contributed by atoms with Crippen molar-refractivity contribution in [2.24, 2.45) is 0 Å². The van der Waals surface area contributed by atoms with Gasteiger partial charge in [0.15, 0.2) is 0 Å². The third kappa shape index (κ3) is 2.10. The fourth-order valence-corrected chi connectivity index (χ4v) is 1.90. The van der Waals surface area contributed by atoms with E-state index in [4.69, 9.17) is 27.5 Å². The lowest BCUT2D eigenvalue weighted by atomic mass is 10.3. The van der Waals surface area contributed by atoms with Crippen LogP contribution in [0, 0.1) is 11.3 Å². The monoisotopic (exact) mass is 236 g/mol. The second-order valence-corrected chi connectivity index (χ2v) is 4.99. The number of aromatic nitrogens is 1. The summed E-state index contributed by atoms with van der Waals surface area (Å²) < 4.78 is 21.8. The summed E-state index contributed by atoms with van der Waals surface area (Å²) in [5.41, 5.74) is -0.188. The van der Waals surface area contributed by atoms with E-state index in [2.05, 4.69) is 4.98 Å². The molecule has 7 heteroatoms. The van der Waals surface area contributed by atoms with Crippen LogP contribution in [0.2, 0.25) is 5.02 Å². The molecular weight excluding hydrogens is 235 g/mol. The van der Waals surface area contributed by atoms with Gasteiger partial charge in [-0.05, 0) is 0 Å². The molecule has 0 fully saturated rings. The van der Waals surface area contributed by atoms with E-state index in [1.54, 1.807) is 6.07 Å². The lowest BCUT2D eigenvalue weighted by Gasteiger charge is -1.99. The van der Waals surface area contributed by atoms with Crippen LogP contribution in [-0.2, 0) is 9.05 Å². The normalized spacial score (nSPS) is 10.8. The molecule has 0 saturated heterocycles. The van der Waals surface area contributed by atoms with Crippen LogP contribution in [-0.4, -0.2) is 13.4 Å². The quantitative estimate of drug-likeness (QED) is 0.694. The smallest absolute Gasteiger partial charge is 0.262 e. The summed E-state index contributed by atoms with van der Waals surface area (Å²) in [4.78, 5) is 3.14. The van der Waals surface area contributed by atoms with Crippen molar-refractivity contribution in [3.63, 3.8) is 0 Å². The van der Waals surface area contributed by atoms with E-state index in [1.807, 2.05) is 0 Å². The second kappa shape index (κ2) is 3.50. The zero-order valence-corrected chi connectivity index (χ0v) is 8.36. The van der Waals surface area contributed by atoms with Crippen molar-refractivity contribution < 1.29 is 8.42 Å². The highest BCUT2D eigenvalue weighted by atomic mass is 35.7. The van der Waals surface area contributed by atoms with Gasteiger partial charge in [-0.15, -0.1) is 0 Å². The van der Waals surface area contributed by atoms with Gasteiger partial charge in [-0.25, -0.2) is 8.42 Å². The van der Waals surface area contributed by atoms with Crippen molar-refractivity contribution in [2.45, 2.75) is 4.90 Å². The summed E-state index contributed by atoms with van der Waals surface area (Å²) in [6.45, 7) is 0. The van der Waals surface area contributed by atoms with Gasteiger partial charge in [0.05, 0.1) is 10.6 Å². The molecule has 0 aliphatic rings. The van der Waals surface area contributed by atoms with Crippen molar-refractivity contribution in [3.05, 3.63) is 23.0 Å². The molecule has 0 spiro atoms. The first kappa shape index (κ1) is 10.3. The molecule has 1 rings (SSSR count). The molecular formula is C6H2Cl2N2O2S. The number of pyridine rings is 1. The summed E-state index contributed by atoms with van der Waals surface area (Å²) in [6.07, 6.45) is 2.15. The number of hydrogen-bond donors (Lipinski definition) is 0. The molecule has 0 unspecified atom stereocenters. The minimum absolute atomic E-state index is 0.0378. The van der Waals surface area contributed by atoms with Gasteiger partial charge in [-0.3, -0.25) is 4.98 Å². The van der Waals surface area contributed by atoms with Crippen LogP contribution < -0.4 is 0 Å². The molecule has 13 heavy (non-hydrogen) atoms. The van der Waals surface area contributed by atoms with E-state index in [1.165, 1.54) is 6.20 Å². The lowest BCUT2D eigenvalue weighted by Crippen LogP contribution is -1.96. The Labute approximate surface area is 84.1 Å². The minimum atomic E-state index is -3.97. The predicted molar refractivity (Wildman–Crippen MR) is 47.0 cm³/mol. The third-order valence-electron chi connectivity index (χ3n) is 1.24. The van der Waals surface area contributed by atoms with Crippen LogP contribution in [0.1, 0.15) is 5.56 Å². The maximum atomic E-state index is 10.9. The van der Waals surface area contributed by atoms with Crippen LogP contribution in [0.25, 0.3) is 0 Å². The van der Waals surface area contributed by atoms with Gasteiger partial charge in [0.2, 0.25) is 0 Å². The van der Waals surface area contributed by atoms with Gasteiger partial charge in [-0.2, -0.15) is 5.26 Å². The maximum absolute atomic E-state index is 10.9. The fourth-order valence-electron chi connectivity index (χ4n) is 0.711. The summed E-state index contributed by atoms with van der Waals surface area (Å²) in [5, 5.41) is 8.54. The molecule has 4 nitrogen and oxygen atoms in total. The first-order valence-electron chi connectivity index (χ1n) is 2.95. The number of nitriles is 1. The highest BCUT2D eigenvalue weighted by Gasteiger charge is 2.18. The Balaban J connectivity index is 3.59. The predicted octanol–water partition coefficient (Wildman–Crippen LogP) is 1.53. The van der Waals surface area contributed by atoms with Crippen molar-refractivity contribution >= 4 is 31.3 Å². The zero-order chi connectivity index (χ0) is 10.1. The van der Waals surface area contributed by atoms with Gasteiger partial charge < -0.3 is 0 Å². The summed E-state index contributed by atoms with van der Waals surface area (Å²) in [6, 6.07) is 1.63. The topological polar surface area (TPSA) is 70.8 Å².